The predicted molar refractivity (Wildman–Crippen MR) is 45.1 cm³/mol. The van der Waals surface area contributed by atoms with Crippen molar-refractivity contribution in [3.8, 4) is 0 Å². The van der Waals surface area contributed by atoms with Crippen LogP contribution >= 0.6 is 0 Å². The quantitative estimate of drug-likeness (QED) is 0.658. The van der Waals surface area contributed by atoms with Gasteiger partial charge in [0.15, 0.2) is 0 Å². The van der Waals surface area contributed by atoms with Crippen molar-refractivity contribution in [1.82, 2.24) is 5.32 Å². The number of hydrogen-bond donors (Lipinski definition) is 1. The van der Waals surface area contributed by atoms with Gasteiger partial charge in [0.1, 0.15) is 5.83 Å². The van der Waals surface area contributed by atoms with E-state index >= 15 is 0 Å². The molecule has 1 nitrogen and oxygen atoms in total. The van der Waals surface area contributed by atoms with E-state index in [4.69, 9.17) is 0 Å². The zero-order valence-electron chi connectivity index (χ0n) is 6.86. The lowest BCUT2D eigenvalue weighted by Crippen LogP contribution is -2.09. The molecule has 0 atom stereocenters. The minimum absolute atomic E-state index is 0.0218. The summed E-state index contributed by atoms with van der Waals surface area (Å²) in [5, 5.41) is 3.01. The monoisotopic (exact) mass is 155 g/mol. The Bertz CT molecular complexity index is 182. The number of rotatable bonds is 3. The Morgan fingerprint density at radius 3 is 3.09 bits per heavy atom. The van der Waals surface area contributed by atoms with Gasteiger partial charge in [0.05, 0.1) is 0 Å². The van der Waals surface area contributed by atoms with Gasteiger partial charge in [-0.1, -0.05) is 6.08 Å². The van der Waals surface area contributed by atoms with Crippen molar-refractivity contribution in [3.63, 3.8) is 0 Å². The Kier molecular flexibility index (Phi) is 3.30. The fourth-order valence-corrected chi connectivity index (χ4v) is 1.20. The minimum atomic E-state index is -0.0218. The normalized spacial score (nSPS) is 17.6. The first-order chi connectivity index (χ1) is 5.34. The summed E-state index contributed by atoms with van der Waals surface area (Å²) in [5.74, 6) is -0.0218. The van der Waals surface area contributed by atoms with E-state index in [2.05, 4.69) is 5.32 Å². The molecule has 0 saturated heterocycles. The number of halogens is 1. The molecule has 0 aromatic carbocycles. The third-order valence-corrected chi connectivity index (χ3v) is 1.89. The fourth-order valence-electron chi connectivity index (χ4n) is 1.20. The molecule has 0 fully saturated rings. The summed E-state index contributed by atoms with van der Waals surface area (Å²) in [5.41, 5.74) is 0.960. The van der Waals surface area contributed by atoms with Gasteiger partial charge in [-0.25, -0.2) is 4.39 Å². The molecule has 0 aromatic heterocycles. The van der Waals surface area contributed by atoms with E-state index in [-0.39, 0.29) is 5.83 Å². The van der Waals surface area contributed by atoms with Gasteiger partial charge in [0.25, 0.3) is 0 Å². The van der Waals surface area contributed by atoms with Gasteiger partial charge in [-0.3, -0.25) is 0 Å². The average Bonchev–Trinajstić information content (AvgIpc) is 2.03. The molecule has 2 heteroatoms. The molecule has 0 spiro atoms. The average molecular weight is 155 g/mol. The summed E-state index contributed by atoms with van der Waals surface area (Å²) in [6.45, 7) is 0.872. The van der Waals surface area contributed by atoms with Crippen LogP contribution in [0.15, 0.2) is 23.6 Å². The van der Waals surface area contributed by atoms with Gasteiger partial charge >= 0.3 is 0 Å². The summed E-state index contributed by atoms with van der Waals surface area (Å²) in [6.07, 6.45) is 6.19. The SMILES string of the molecule is CNCCC1=C(F)C=CCC1. The van der Waals surface area contributed by atoms with Crippen molar-refractivity contribution < 1.29 is 4.39 Å². The molecule has 0 bridgehead atoms. The molecule has 11 heavy (non-hydrogen) atoms. The third kappa shape index (κ3) is 2.46. The van der Waals surface area contributed by atoms with Crippen LogP contribution < -0.4 is 5.32 Å². The molecule has 0 saturated carbocycles. The van der Waals surface area contributed by atoms with E-state index < -0.39 is 0 Å². The number of hydrogen-bond acceptors (Lipinski definition) is 1. The molecule has 1 aliphatic rings. The molecule has 1 aliphatic carbocycles. The molecule has 0 heterocycles. The first kappa shape index (κ1) is 8.47. The number of allylic oxidation sites excluding steroid dienone is 3. The molecule has 0 amide bonds. The van der Waals surface area contributed by atoms with Crippen LogP contribution in [0.2, 0.25) is 0 Å². The summed E-state index contributed by atoms with van der Waals surface area (Å²) in [4.78, 5) is 0. The van der Waals surface area contributed by atoms with Gasteiger partial charge < -0.3 is 5.32 Å². The Hall–Kier alpha value is -0.630. The second-order valence-electron chi connectivity index (χ2n) is 2.75. The number of nitrogens with one attached hydrogen (secondary N) is 1. The molecule has 0 aliphatic heterocycles. The molecule has 0 radical (unpaired) electrons. The lowest BCUT2D eigenvalue weighted by atomic mass is 10.0. The second kappa shape index (κ2) is 4.29. The van der Waals surface area contributed by atoms with Crippen molar-refractivity contribution in [2.75, 3.05) is 13.6 Å². The summed E-state index contributed by atoms with van der Waals surface area (Å²) >= 11 is 0. The van der Waals surface area contributed by atoms with Crippen LogP contribution in [0.25, 0.3) is 0 Å². The molecule has 0 aromatic rings. The molecule has 1 rings (SSSR count). The van der Waals surface area contributed by atoms with E-state index in [1.165, 1.54) is 0 Å². The van der Waals surface area contributed by atoms with Gasteiger partial charge in [0, 0.05) is 0 Å². The van der Waals surface area contributed by atoms with Gasteiger partial charge in [-0.15, -0.1) is 0 Å². The Morgan fingerprint density at radius 2 is 2.45 bits per heavy atom. The van der Waals surface area contributed by atoms with E-state index in [0.29, 0.717) is 0 Å². The topological polar surface area (TPSA) is 12.0 Å². The van der Waals surface area contributed by atoms with Gasteiger partial charge in [-0.2, -0.15) is 0 Å². The Morgan fingerprint density at radius 1 is 1.64 bits per heavy atom. The van der Waals surface area contributed by atoms with E-state index in [0.717, 1.165) is 31.4 Å². The summed E-state index contributed by atoms with van der Waals surface area (Å²) in [7, 11) is 1.89. The van der Waals surface area contributed by atoms with E-state index in [1.807, 2.05) is 13.1 Å². The van der Waals surface area contributed by atoms with E-state index in [9.17, 15) is 4.39 Å². The van der Waals surface area contributed by atoms with Crippen molar-refractivity contribution in [2.24, 2.45) is 0 Å². The molecule has 62 valence electrons. The predicted octanol–water partition coefficient (Wildman–Crippen LogP) is 2.17. The van der Waals surface area contributed by atoms with Crippen molar-refractivity contribution >= 4 is 0 Å². The maximum atomic E-state index is 12.9. The van der Waals surface area contributed by atoms with Gasteiger partial charge in [-0.05, 0) is 44.5 Å². The third-order valence-electron chi connectivity index (χ3n) is 1.89. The van der Waals surface area contributed by atoms with Gasteiger partial charge in [0.2, 0.25) is 0 Å². The lowest BCUT2D eigenvalue weighted by molar-refractivity contribution is 0.615. The van der Waals surface area contributed by atoms with Crippen LogP contribution in [-0.2, 0) is 0 Å². The van der Waals surface area contributed by atoms with Crippen molar-refractivity contribution in [3.05, 3.63) is 23.6 Å². The molecular formula is C9H14FN. The van der Waals surface area contributed by atoms with E-state index in [1.54, 1.807) is 6.08 Å². The smallest absolute Gasteiger partial charge is 0.122 e. The lowest BCUT2D eigenvalue weighted by Gasteiger charge is -2.09. The maximum Gasteiger partial charge on any atom is 0.122 e. The maximum absolute atomic E-state index is 12.9. The standard InChI is InChI=1S/C9H14FN/c1-11-7-6-8-4-2-3-5-9(8)10/h3,5,11H,2,4,6-7H2,1H3. The Balaban J connectivity index is 2.46. The zero-order valence-corrected chi connectivity index (χ0v) is 6.86. The molecule has 0 unspecified atom stereocenters. The Labute approximate surface area is 67.0 Å². The van der Waals surface area contributed by atoms with Crippen LogP contribution in [0.1, 0.15) is 19.3 Å². The summed E-state index contributed by atoms with van der Waals surface area (Å²) in [6, 6.07) is 0. The largest absolute Gasteiger partial charge is 0.319 e. The van der Waals surface area contributed by atoms with Crippen LogP contribution in [0, 0.1) is 0 Å². The van der Waals surface area contributed by atoms with Crippen LogP contribution in [0.5, 0.6) is 0 Å². The first-order valence-corrected chi connectivity index (χ1v) is 4.03. The first-order valence-electron chi connectivity index (χ1n) is 4.03. The van der Waals surface area contributed by atoms with Crippen molar-refractivity contribution in [2.45, 2.75) is 19.3 Å². The highest BCUT2D eigenvalue weighted by Gasteiger charge is 2.06. The summed E-state index contributed by atoms with van der Waals surface area (Å²) < 4.78 is 12.9. The highest BCUT2D eigenvalue weighted by atomic mass is 19.1. The van der Waals surface area contributed by atoms with Crippen LogP contribution in [0.4, 0.5) is 4.39 Å². The fraction of sp³-hybridized carbons (Fsp3) is 0.556. The highest BCUT2D eigenvalue weighted by molar-refractivity contribution is 5.23. The van der Waals surface area contributed by atoms with Crippen LogP contribution in [-0.4, -0.2) is 13.6 Å². The zero-order chi connectivity index (χ0) is 8.10. The van der Waals surface area contributed by atoms with Crippen molar-refractivity contribution in [1.29, 1.82) is 0 Å². The van der Waals surface area contributed by atoms with Crippen LogP contribution in [0.3, 0.4) is 0 Å². The minimum Gasteiger partial charge on any atom is -0.319 e. The second-order valence-corrected chi connectivity index (χ2v) is 2.75. The highest BCUT2D eigenvalue weighted by Crippen LogP contribution is 2.21. The molecule has 1 N–H and O–H groups in total. The molecular weight excluding hydrogens is 141 g/mol.